The van der Waals surface area contributed by atoms with E-state index in [2.05, 4.69) is 5.32 Å². The first-order valence-electron chi connectivity index (χ1n) is 8.08. The lowest BCUT2D eigenvalue weighted by Gasteiger charge is -2.29. The van der Waals surface area contributed by atoms with E-state index in [0.29, 0.717) is 22.7 Å². The molecule has 1 aliphatic heterocycles. The Balaban J connectivity index is 1.81. The fourth-order valence-corrected chi connectivity index (χ4v) is 2.36. The fourth-order valence-electron chi connectivity index (χ4n) is 2.36. The Bertz CT molecular complexity index is 950. The van der Waals surface area contributed by atoms with Crippen molar-refractivity contribution in [2.45, 2.75) is 19.6 Å². The first-order chi connectivity index (χ1) is 12.9. The van der Waals surface area contributed by atoms with Crippen molar-refractivity contribution >= 4 is 17.6 Å². The molecular formula is C20H16N2O5. The highest BCUT2D eigenvalue weighted by Gasteiger charge is 2.38. The molecule has 0 bridgehead atoms. The Hall–Kier alpha value is -3.79. The topological polar surface area (TPSA) is 97.6 Å². The molecular weight excluding hydrogens is 348 g/mol. The van der Waals surface area contributed by atoms with Crippen molar-refractivity contribution in [3.63, 3.8) is 0 Å². The Morgan fingerprint density at radius 1 is 1.07 bits per heavy atom. The summed E-state index contributed by atoms with van der Waals surface area (Å²) in [7, 11) is 0. The zero-order valence-electron chi connectivity index (χ0n) is 14.7. The maximum Gasteiger partial charge on any atom is 0.350 e. The number of para-hydroxylation sites is 2. The van der Waals surface area contributed by atoms with Gasteiger partial charge in [0, 0.05) is 20.0 Å². The van der Waals surface area contributed by atoms with E-state index >= 15 is 0 Å². The van der Waals surface area contributed by atoms with Crippen LogP contribution in [0.25, 0.3) is 0 Å². The zero-order valence-corrected chi connectivity index (χ0v) is 14.7. The first kappa shape index (κ1) is 18.0. The van der Waals surface area contributed by atoms with Gasteiger partial charge in [0.2, 0.25) is 0 Å². The number of anilines is 1. The molecule has 136 valence electrons. The standard InChI is InChI=1S/C20H16N2O5/c1-20(2)26-18(23)15(19(24)27-20)12-22-16-8-3-4-9-17(16)25-14-7-5-6-13(10-14)11-21/h3-10,12,22H,1-2H3. The number of nitriles is 1. The second-order valence-electron chi connectivity index (χ2n) is 6.12. The van der Waals surface area contributed by atoms with Crippen molar-refractivity contribution in [2.75, 3.05) is 5.32 Å². The van der Waals surface area contributed by atoms with Gasteiger partial charge in [-0.3, -0.25) is 0 Å². The largest absolute Gasteiger partial charge is 0.455 e. The predicted molar refractivity (Wildman–Crippen MR) is 95.6 cm³/mol. The van der Waals surface area contributed by atoms with Crippen LogP contribution in [-0.4, -0.2) is 17.7 Å². The predicted octanol–water partition coefficient (Wildman–Crippen LogP) is 3.48. The van der Waals surface area contributed by atoms with E-state index in [1.165, 1.54) is 20.0 Å². The van der Waals surface area contributed by atoms with E-state index in [1.807, 2.05) is 6.07 Å². The number of hydrogen-bond acceptors (Lipinski definition) is 7. The molecule has 27 heavy (non-hydrogen) atoms. The molecule has 1 fully saturated rings. The molecule has 1 aliphatic rings. The monoisotopic (exact) mass is 364 g/mol. The highest BCUT2D eigenvalue weighted by molar-refractivity contribution is 6.15. The van der Waals surface area contributed by atoms with Gasteiger partial charge >= 0.3 is 11.9 Å². The highest BCUT2D eigenvalue weighted by Crippen LogP contribution is 2.30. The summed E-state index contributed by atoms with van der Waals surface area (Å²) in [6.07, 6.45) is 1.22. The zero-order chi connectivity index (χ0) is 19.4. The van der Waals surface area contributed by atoms with Gasteiger partial charge < -0.3 is 19.5 Å². The number of rotatable bonds is 4. The summed E-state index contributed by atoms with van der Waals surface area (Å²) in [6, 6.07) is 15.7. The minimum atomic E-state index is -1.29. The third-order valence-electron chi connectivity index (χ3n) is 3.57. The third kappa shape index (κ3) is 4.25. The van der Waals surface area contributed by atoms with Gasteiger partial charge in [0.25, 0.3) is 5.79 Å². The van der Waals surface area contributed by atoms with E-state index in [9.17, 15) is 9.59 Å². The normalized spacial score (nSPS) is 15.2. The van der Waals surface area contributed by atoms with Gasteiger partial charge in [0.1, 0.15) is 5.75 Å². The lowest BCUT2D eigenvalue weighted by molar-refractivity contribution is -0.222. The van der Waals surface area contributed by atoms with Crippen molar-refractivity contribution in [2.24, 2.45) is 0 Å². The Labute approximate surface area is 155 Å². The molecule has 0 radical (unpaired) electrons. The molecule has 2 aromatic carbocycles. The van der Waals surface area contributed by atoms with Crippen LogP contribution in [0.4, 0.5) is 5.69 Å². The molecule has 1 saturated heterocycles. The Morgan fingerprint density at radius 2 is 1.78 bits per heavy atom. The lowest BCUT2D eigenvalue weighted by atomic mass is 10.2. The molecule has 0 saturated carbocycles. The van der Waals surface area contributed by atoms with Gasteiger partial charge in [0.15, 0.2) is 11.3 Å². The van der Waals surface area contributed by atoms with E-state index in [1.54, 1.807) is 48.5 Å². The van der Waals surface area contributed by atoms with Crippen LogP contribution >= 0.6 is 0 Å². The molecule has 1 heterocycles. The van der Waals surface area contributed by atoms with Gasteiger partial charge in [0.05, 0.1) is 17.3 Å². The summed E-state index contributed by atoms with van der Waals surface area (Å²) in [5.41, 5.74) is 0.726. The van der Waals surface area contributed by atoms with Crippen LogP contribution in [0, 0.1) is 11.3 Å². The highest BCUT2D eigenvalue weighted by atomic mass is 16.7. The summed E-state index contributed by atoms with van der Waals surface area (Å²) in [6.45, 7) is 2.96. The number of ether oxygens (including phenoxy) is 3. The summed E-state index contributed by atoms with van der Waals surface area (Å²) >= 11 is 0. The molecule has 3 rings (SSSR count). The molecule has 1 N–H and O–H groups in total. The van der Waals surface area contributed by atoms with Crippen LogP contribution in [0.2, 0.25) is 0 Å². The number of nitrogens with one attached hydrogen (secondary N) is 1. The summed E-state index contributed by atoms with van der Waals surface area (Å²) in [5, 5.41) is 11.9. The van der Waals surface area contributed by atoms with Crippen LogP contribution in [-0.2, 0) is 19.1 Å². The number of benzene rings is 2. The van der Waals surface area contributed by atoms with E-state index in [0.717, 1.165) is 0 Å². The van der Waals surface area contributed by atoms with Crippen LogP contribution in [0.1, 0.15) is 19.4 Å². The van der Waals surface area contributed by atoms with Gasteiger partial charge in [-0.25, -0.2) is 9.59 Å². The van der Waals surface area contributed by atoms with E-state index in [-0.39, 0.29) is 5.57 Å². The van der Waals surface area contributed by atoms with Gasteiger partial charge in [-0.1, -0.05) is 18.2 Å². The quantitative estimate of drug-likeness (QED) is 0.504. The number of hydrogen-bond donors (Lipinski definition) is 1. The van der Waals surface area contributed by atoms with Crippen LogP contribution < -0.4 is 10.1 Å². The number of nitrogens with zero attached hydrogens (tertiary/aromatic N) is 1. The van der Waals surface area contributed by atoms with Crippen LogP contribution in [0.15, 0.2) is 60.3 Å². The minimum Gasteiger partial charge on any atom is -0.455 e. The molecule has 0 atom stereocenters. The maximum absolute atomic E-state index is 12.0. The van der Waals surface area contributed by atoms with Crippen molar-refractivity contribution in [3.05, 3.63) is 65.9 Å². The second-order valence-corrected chi connectivity index (χ2v) is 6.12. The number of esters is 2. The first-order valence-corrected chi connectivity index (χ1v) is 8.08. The Morgan fingerprint density at radius 3 is 2.48 bits per heavy atom. The van der Waals surface area contributed by atoms with Crippen molar-refractivity contribution in [1.29, 1.82) is 5.26 Å². The molecule has 2 aromatic rings. The molecule has 0 aliphatic carbocycles. The van der Waals surface area contributed by atoms with Crippen molar-refractivity contribution in [3.8, 4) is 17.6 Å². The third-order valence-corrected chi connectivity index (χ3v) is 3.57. The molecule has 7 heteroatoms. The average molecular weight is 364 g/mol. The van der Waals surface area contributed by atoms with Gasteiger partial charge in [-0.15, -0.1) is 0 Å². The summed E-state index contributed by atoms with van der Waals surface area (Å²) in [4.78, 5) is 24.0. The average Bonchev–Trinajstić information content (AvgIpc) is 2.61. The number of carbonyl (C=O) groups is 2. The minimum absolute atomic E-state index is 0.254. The van der Waals surface area contributed by atoms with Crippen LogP contribution in [0.3, 0.4) is 0 Å². The molecule has 7 nitrogen and oxygen atoms in total. The SMILES string of the molecule is CC1(C)OC(=O)C(=CNc2ccccc2Oc2cccc(C#N)c2)C(=O)O1. The summed E-state index contributed by atoms with van der Waals surface area (Å²) in [5.74, 6) is -1.91. The Kier molecular flexibility index (Phi) is 4.81. The van der Waals surface area contributed by atoms with Crippen molar-refractivity contribution < 1.29 is 23.8 Å². The second kappa shape index (κ2) is 7.22. The fraction of sp³-hybridized carbons (Fsp3) is 0.150. The molecule has 0 aromatic heterocycles. The molecule has 0 unspecified atom stereocenters. The van der Waals surface area contributed by atoms with Gasteiger partial charge in [-0.05, 0) is 30.3 Å². The van der Waals surface area contributed by atoms with E-state index in [4.69, 9.17) is 19.5 Å². The number of cyclic esters (lactones) is 2. The van der Waals surface area contributed by atoms with E-state index < -0.39 is 17.7 Å². The number of carbonyl (C=O) groups excluding carboxylic acids is 2. The lowest BCUT2D eigenvalue weighted by Crippen LogP contribution is -2.42. The van der Waals surface area contributed by atoms with Crippen molar-refractivity contribution in [1.82, 2.24) is 0 Å². The summed E-state index contributed by atoms with van der Waals surface area (Å²) < 4.78 is 15.9. The smallest absolute Gasteiger partial charge is 0.350 e. The van der Waals surface area contributed by atoms with Crippen LogP contribution in [0.5, 0.6) is 11.5 Å². The van der Waals surface area contributed by atoms with Gasteiger partial charge in [-0.2, -0.15) is 5.26 Å². The maximum atomic E-state index is 12.0. The molecule has 0 spiro atoms. The molecule has 0 amide bonds.